The van der Waals surface area contributed by atoms with Gasteiger partial charge in [0.25, 0.3) is 0 Å². The smallest absolute Gasteiger partial charge is 0.195 e. The van der Waals surface area contributed by atoms with Gasteiger partial charge in [0.05, 0.1) is 6.04 Å². The van der Waals surface area contributed by atoms with Gasteiger partial charge in [-0.1, -0.05) is 48.4 Å². The van der Waals surface area contributed by atoms with E-state index in [1.54, 1.807) is 37.3 Å². The molecule has 1 saturated heterocycles. The van der Waals surface area contributed by atoms with E-state index < -0.39 is 0 Å². The Morgan fingerprint density at radius 2 is 1.67 bits per heavy atom. The van der Waals surface area contributed by atoms with Crippen molar-refractivity contribution in [3.8, 4) is 0 Å². The van der Waals surface area contributed by atoms with Crippen LogP contribution in [-0.2, 0) is 4.79 Å². The van der Waals surface area contributed by atoms with Gasteiger partial charge in [-0.2, -0.15) is 0 Å². The van der Waals surface area contributed by atoms with E-state index >= 15 is 0 Å². The van der Waals surface area contributed by atoms with Gasteiger partial charge in [-0.15, -0.1) is 0 Å². The van der Waals surface area contributed by atoms with Crippen molar-refractivity contribution in [3.63, 3.8) is 0 Å². The number of nitrogen functional groups attached to an aromatic ring is 1. The first kappa shape index (κ1) is 21.1. The van der Waals surface area contributed by atoms with Crippen LogP contribution in [0.25, 0.3) is 0 Å². The monoisotopic (exact) mass is 386 g/mol. The number of ketones is 2. The lowest BCUT2D eigenvalue weighted by atomic mass is 10.0. The molecule has 0 bridgehead atoms. The highest BCUT2D eigenvalue weighted by atomic mass is 35.5. The fourth-order valence-electron chi connectivity index (χ4n) is 3.05. The first-order chi connectivity index (χ1) is 12.9. The van der Waals surface area contributed by atoms with Crippen molar-refractivity contribution in [1.29, 1.82) is 0 Å². The minimum atomic E-state index is -0.0882. The molecule has 144 valence electrons. The molecule has 0 saturated carbocycles. The largest absolute Gasteiger partial charge is 0.398 e. The number of piperidine rings is 1. The number of Topliss-reactive ketones (excluding diaryl/α,β-unsaturated/α-hetero) is 1. The summed E-state index contributed by atoms with van der Waals surface area (Å²) in [5.74, 6) is 0.210. The first-order valence-electron chi connectivity index (χ1n) is 9.29. The van der Waals surface area contributed by atoms with E-state index in [1.165, 1.54) is 19.3 Å². The Balaban J connectivity index is 0.000000208. The first-order valence-corrected chi connectivity index (χ1v) is 9.67. The molecule has 2 N–H and O–H groups in total. The summed E-state index contributed by atoms with van der Waals surface area (Å²) in [6.07, 6.45) is 3.86. The maximum Gasteiger partial charge on any atom is 0.195 e. The molecule has 2 aromatic rings. The number of hydrogen-bond donors (Lipinski definition) is 1. The van der Waals surface area contributed by atoms with Crippen LogP contribution in [0.1, 0.15) is 49.0 Å². The van der Waals surface area contributed by atoms with E-state index in [2.05, 4.69) is 4.90 Å². The minimum Gasteiger partial charge on any atom is -0.398 e. The molecule has 5 heteroatoms. The van der Waals surface area contributed by atoms with E-state index in [0.29, 0.717) is 27.6 Å². The number of nitrogens with zero attached hydrogens (tertiary/aromatic N) is 1. The molecule has 2 aromatic carbocycles. The molecule has 27 heavy (non-hydrogen) atoms. The molecule has 0 radical (unpaired) electrons. The fourth-order valence-corrected chi connectivity index (χ4v) is 3.23. The molecule has 0 spiro atoms. The summed E-state index contributed by atoms with van der Waals surface area (Å²) >= 11 is 5.78. The third kappa shape index (κ3) is 6.19. The Hall–Kier alpha value is -2.17. The maximum absolute atomic E-state index is 12.1. The summed E-state index contributed by atoms with van der Waals surface area (Å²) < 4.78 is 0. The van der Waals surface area contributed by atoms with Gasteiger partial charge in [0, 0.05) is 21.8 Å². The highest BCUT2D eigenvalue weighted by molar-refractivity contribution is 6.31. The Bertz CT molecular complexity index is 771. The van der Waals surface area contributed by atoms with Crippen molar-refractivity contribution in [2.75, 3.05) is 18.8 Å². The molecule has 1 aliphatic heterocycles. The van der Waals surface area contributed by atoms with Gasteiger partial charge in [-0.3, -0.25) is 14.5 Å². The Labute approximate surface area is 166 Å². The Morgan fingerprint density at radius 1 is 1.04 bits per heavy atom. The molecule has 3 rings (SSSR count). The van der Waals surface area contributed by atoms with Crippen molar-refractivity contribution in [1.82, 2.24) is 4.90 Å². The van der Waals surface area contributed by atoms with Crippen LogP contribution in [0.5, 0.6) is 0 Å². The topological polar surface area (TPSA) is 63.4 Å². The molecular weight excluding hydrogens is 360 g/mol. The summed E-state index contributed by atoms with van der Waals surface area (Å²) in [5.41, 5.74) is 7.26. The summed E-state index contributed by atoms with van der Waals surface area (Å²) in [6.45, 7) is 5.91. The molecule has 1 unspecified atom stereocenters. The van der Waals surface area contributed by atoms with E-state index in [1.807, 2.05) is 25.1 Å². The number of carbonyl (C=O) groups excluding carboxylic acids is 2. The second-order valence-electron chi connectivity index (χ2n) is 6.81. The Morgan fingerprint density at radius 3 is 2.22 bits per heavy atom. The highest BCUT2D eigenvalue weighted by Crippen LogP contribution is 2.20. The average Bonchev–Trinajstić information content (AvgIpc) is 2.69. The van der Waals surface area contributed by atoms with Crippen LogP contribution in [0.3, 0.4) is 0 Å². The number of rotatable bonds is 4. The van der Waals surface area contributed by atoms with Crippen molar-refractivity contribution < 1.29 is 9.59 Å². The normalized spacial score (nSPS) is 15.4. The van der Waals surface area contributed by atoms with Gasteiger partial charge < -0.3 is 5.73 Å². The van der Waals surface area contributed by atoms with E-state index in [0.717, 1.165) is 13.1 Å². The zero-order chi connectivity index (χ0) is 19.8. The molecule has 1 aliphatic rings. The van der Waals surface area contributed by atoms with E-state index in [4.69, 9.17) is 17.3 Å². The molecule has 0 aliphatic carbocycles. The van der Waals surface area contributed by atoms with Gasteiger partial charge in [-0.25, -0.2) is 0 Å². The van der Waals surface area contributed by atoms with Crippen LogP contribution in [-0.4, -0.2) is 35.6 Å². The standard InChI is InChI=1S/C13H10ClNO.C9H17NO/c14-10-6-7-11(12(15)8-10)13(16)9-4-2-1-3-5-9;1-8(9(2)11)10-6-4-3-5-7-10/h1-8H,15H2;8H,3-7H2,1-2H3. The number of carbonyl (C=O) groups is 2. The lowest BCUT2D eigenvalue weighted by molar-refractivity contribution is -0.121. The number of halogens is 1. The molecule has 1 heterocycles. The molecule has 0 amide bonds. The quantitative estimate of drug-likeness (QED) is 0.616. The second-order valence-corrected chi connectivity index (χ2v) is 7.25. The van der Waals surface area contributed by atoms with Gasteiger partial charge in [-0.05, 0) is 58.0 Å². The van der Waals surface area contributed by atoms with Gasteiger partial charge in [0.2, 0.25) is 0 Å². The average molecular weight is 387 g/mol. The van der Waals surface area contributed by atoms with Crippen LogP contribution in [0.4, 0.5) is 5.69 Å². The van der Waals surface area contributed by atoms with Gasteiger partial charge in [0.1, 0.15) is 5.78 Å². The zero-order valence-corrected chi connectivity index (χ0v) is 16.7. The van der Waals surface area contributed by atoms with Gasteiger partial charge >= 0.3 is 0 Å². The molecule has 1 fully saturated rings. The van der Waals surface area contributed by atoms with Crippen molar-refractivity contribution in [2.24, 2.45) is 0 Å². The number of likely N-dealkylation sites (tertiary alicyclic amines) is 1. The van der Waals surface area contributed by atoms with E-state index in [9.17, 15) is 9.59 Å². The Kier molecular flexibility index (Phi) is 8.01. The lowest BCUT2D eigenvalue weighted by Crippen LogP contribution is -2.41. The van der Waals surface area contributed by atoms with Crippen molar-refractivity contribution in [2.45, 2.75) is 39.2 Å². The van der Waals surface area contributed by atoms with Crippen LogP contribution < -0.4 is 5.73 Å². The molecule has 4 nitrogen and oxygen atoms in total. The fraction of sp³-hybridized carbons (Fsp3) is 0.364. The summed E-state index contributed by atoms with van der Waals surface area (Å²) in [7, 11) is 0. The van der Waals surface area contributed by atoms with Gasteiger partial charge in [0.15, 0.2) is 5.78 Å². The maximum atomic E-state index is 12.1. The SMILES string of the molecule is CC(=O)C(C)N1CCCCC1.Nc1cc(Cl)ccc1C(=O)c1ccccc1. The van der Waals surface area contributed by atoms with Crippen LogP contribution >= 0.6 is 11.6 Å². The predicted molar refractivity (Wildman–Crippen MR) is 111 cm³/mol. The molecule has 0 aromatic heterocycles. The van der Waals surface area contributed by atoms with Crippen LogP contribution in [0, 0.1) is 0 Å². The number of nitrogens with two attached hydrogens (primary N) is 1. The summed E-state index contributed by atoms with van der Waals surface area (Å²) in [6, 6.07) is 14.1. The minimum absolute atomic E-state index is 0.0882. The number of anilines is 1. The zero-order valence-electron chi connectivity index (χ0n) is 16.0. The van der Waals surface area contributed by atoms with E-state index in [-0.39, 0.29) is 11.8 Å². The third-order valence-corrected chi connectivity index (χ3v) is 5.06. The molecular formula is C22H27ClN2O2. The predicted octanol–water partition coefficient (Wildman–Crippen LogP) is 4.60. The lowest BCUT2D eigenvalue weighted by Gasteiger charge is -2.30. The number of benzene rings is 2. The number of hydrogen-bond acceptors (Lipinski definition) is 4. The second kappa shape index (κ2) is 10.2. The van der Waals surface area contributed by atoms with Crippen molar-refractivity contribution >= 4 is 28.9 Å². The molecule has 1 atom stereocenters. The van der Waals surface area contributed by atoms with Crippen molar-refractivity contribution in [3.05, 3.63) is 64.7 Å². The third-order valence-electron chi connectivity index (χ3n) is 4.82. The summed E-state index contributed by atoms with van der Waals surface area (Å²) in [5, 5.41) is 0.530. The van der Waals surface area contributed by atoms with Crippen LogP contribution in [0.2, 0.25) is 5.02 Å². The summed E-state index contributed by atoms with van der Waals surface area (Å²) in [4.78, 5) is 25.3. The highest BCUT2D eigenvalue weighted by Gasteiger charge is 2.19. The van der Waals surface area contributed by atoms with Crippen LogP contribution in [0.15, 0.2) is 48.5 Å².